The Morgan fingerprint density at radius 2 is 1.83 bits per heavy atom. The highest BCUT2D eigenvalue weighted by molar-refractivity contribution is 7.99. The van der Waals surface area contributed by atoms with Crippen molar-refractivity contribution in [3.8, 4) is 0 Å². The average Bonchev–Trinajstić information content (AvgIpc) is 3.62. The lowest BCUT2D eigenvalue weighted by Gasteiger charge is -2.35. The number of benzene rings is 2. The number of ether oxygens (including phenoxy) is 3. The van der Waals surface area contributed by atoms with Gasteiger partial charge in [-0.1, -0.05) is 50.2 Å². The van der Waals surface area contributed by atoms with Crippen LogP contribution < -0.4 is 0 Å². The zero-order valence-electron chi connectivity index (χ0n) is 21.3. The summed E-state index contributed by atoms with van der Waals surface area (Å²) in [6.07, 6.45) is 3.28. The van der Waals surface area contributed by atoms with E-state index < -0.39 is 5.97 Å². The molecule has 2 aromatic carbocycles. The SMILES string of the molecule is COC(=O)c1ccccc1CC[C@@H](SCC1(CC(=O)O)CC1)c1cccc(C2OCC(C)(C)CO2)c1. The van der Waals surface area contributed by atoms with Crippen LogP contribution in [0.3, 0.4) is 0 Å². The molecule has 2 fully saturated rings. The van der Waals surface area contributed by atoms with E-state index in [0.717, 1.165) is 41.7 Å². The van der Waals surface area contributed by atoms with Crippen LogP contribution in [-0.4, -0.2) is 43.1 Å². The number of hydrogen-bond donors (Lipinski definition) is 1. The number of aryl methyl sites for hydroxylation is 1. The van der Waals surface area contributed by atoms with Crippen LogP contribution in [0, 0.1) is 10.8 Å². The van der Waals surface area contributed by atoms with Gasteiger partial charge in [-0.3, -0.25) is 4.79 Å². The molecule has 0 aromatic heterocycles. The van der Waals surface area contributed by atoms with Crippen molar-refractivity contribution in [2.24, 2.45) is 10.8 Å². The molecule has 1 saturated carbocycles. The Morgan fingerprint density at radius 1 is 1.11 bits per heavy atom. The van der Waals surface area contributed by atoms with Crippen LogP contribution >= 0.6 is 11.8 Å². The minimum absolute atomic E-state index is 0.00223. The van der Waals surface area contributed by atoms with Crippen molar-refractivity contribution >= 4 is 23.7 Å². The maximum absolute atomic E-state index is 12.3. The monoisotopic (exact) mass is 512 g/mol. The van der Waals surface area contributed by atoms with Crippen LogP contribution in [0.15, 0.2) is 48.5 Å². The fourth-order valence-corrected chi connectivity index (χ4v) is 6.19. The molecule has 4 rings (SSSR count). The van der Waals surface area contributed by atoms with Gasteiger partial charge in [0.15, 0.2) is 6.29 Å². The topological polar surface area (TPSA) is 82.1 Å². The molecule has 0 spiro atoms. The number of carboxylic acid groups (broad SMARTS) is 1. The second-order valence-electron chi connectivity index (χ2n) is 10.8. The highest BCUT2D eigenvalue weighted by Crippen LogP contribution is 2.53. The molecule has 1 atom stereocenters. The molecule has 1 heterocycles. The lowest BCUT2D eigenvalue weighted by Crippen LogP contribution is -2.33. The van der Waals surface area contributed by atoms with Gasteiger partial charge in [0.25, 0.3) is 0 Å². The van der Waals surface area contributed by atoms with Gasteiger partial charge >= 0.3 is 11.9 Å². The van der Waals surface area contributed by atoms with Crippen molar-refractivity contribution in [2.75, 3.05) is 26.1 Å². The summed E-state index contributed by atoms with van der Waals surface area (Å²) in [5.41, 5.74) is 3.61. The Balaban J connectivity index is 1.53. The fourth-order valence-electron chi connectivity index (χ4n) is 4.62. The highest BCUT2D eigenvalue weighted by Gasteiger charge is 2.44. The molecule has 1 aliphatic heterocycles. The van der Waals surface area contributed by atoms with E-state index in [1.165, 1.54) is 7.11 Å². The van der Waals surface area contributed by atoms with Gasteiger partial charge in [0.1, 0.15) is 0 Å². The van der Waals surface area contributed by atoms with Gasteiger partial charge in [0.2, 0.25) is 0 Å². The van der Waals surface area contributed by atoms with Crippen LogP contribution in [-0.2, 0) is 25.4 Å². The molecule has 0 bridgehead atoms. The third kappa shape index (κ3) is 6.90. The maximum atomic E-state index is 12.3. The fraction of sp³-hybridized carbons (Fsp3) is 0.517. The molecule has 1 saturated heterocycles. The van der Waals surface area contributed by atoms with Crippen molar-refractivity contribution < 1.29 is 28.9 Å². The van der Waals surface area contributed by atoms with Gasteiger partial charge in [0.05, 0.1) is 32.3 Å². The van der Waals surface area contributed by atoms with E-state index in [2.05, 4.69) is 26.0 Å². The number of hydrogen-bond acceptors (Lipinski definition) is 6. The minimum atomic E-state index is -0.729. The molecular formula is C29H36O6S. The van der Waals surface area contributed by atoms with Crippen LogP contribution in [0.4, 0.5) is 0 Å². The van der Waals surface area contributed by atoms with Gasteiger partial charge in [0, 0.05) is 22.0 Å². The highest BCUT2D eigenvalue weighted by atomic mass is 32.2. The van der Waals surface area contributed by atoms with Crippen molar-refractivity contribution in [3.63, 3.8) is 0 Å². The van der Waals surface area contributed by atoms with E-state index in [-0.39, 0.29) is 34.8 Å². The largest absolute Gasteiger partial charge is 0.481 e. The molecule has 1 aliphatic carbocycles. The molecule has 1 N–H and O–H groups in total. The van der Waals surface area contributed by atoms with E-state index in [9.17, 15) is 14.7 Å². The summed E-state index contributed by atoms with van der Waals surface area (Å²) in [4.78, 5) is 23.7. The molecule has 2 aliphatic rings. The molecule has 6 nitrogen and oxygen atoms in total. The van der Waals surface area contributed by atoms with Crippen molar-refractivity contribution in [2.45, 2.75) is 57.5 Å². The standard InChI is InChI=1S/C29H36O6S/c1-28(2)17-34-27(35-18-28)22-9-6-8-21(15-22)24(36-19-29(13-14-29)16-25(30)31)12-11-20-7-4-5-10-23(20)26(32)33-3/h4-10,15,24,27H,11-14,16-19H2,1-3H3,(H,30,31)/t24-/m1/s1. The summed E-state index contributed by atoms with van der Waals surface area (Å²) in [5.74, 6) is -0.254. The van der Waals surface area contributed by atoms with Crippen molar-refractivity contribution in [3.05, 3.63) is 70.8 Å². The second-order valence-corrected chi connectivity index (χ2v) is 12.0. The van der Waals surface area contributed by atoms with Crippen LogP contribution in [0.1, 0.15) is 78.1 Å². The number of carboxylic acids is 1. The number of rotatable bonds is 11. The van der Waals surface area contributed by atoms with Gasteiger partial charge < -0.3 is 19.3 Å². The first-order chi connectivity index (χ1) is 17.2. The van der Waals surface area contributed by atoms with Crippen molar-refractivity contribution in [1.29, 1.82) is 0 Å². The Morgan fingerprint density at radius 3 is 2.50 bits per heavy atom. The van der Waals surface area contributed by atoms with Crippen LogP contribution in [0.5, 0.6) is 0 Å². The first kappa shape index (κ1) is 26.7. The third-order valence-electron chi connectivity index (χ3n) is 6.98. The minimum Gasteiger partial charge on any atom is -0.481 e. The molecular weight excluding hydrogens is 476 g/mol. The summed E-state index contributed by atoms with van der Waals surface area (Å²) in [5, 5.41) is 9.51. The normalized spacial score (nSPS) is 19.4. The smallest absolute Gasteiger partial charge is 0.338 e. The third-order valence-corrected chi connectivity index (χ3v) is 8.67. The van der Waals surface area contributed by atoms with Gasteiger partial charge in [-0.05, 0) is 54.4 Å². The lowest BCUT2D eigenvalue weighted by molar-refractivity contribution is -0.226. The molecule has 0 radical (unpaired) electrons. The summed E-state index contributed by atoms with van der Waals surface area (Å²) in [6, 6.07) is 15.9. The second kappa shape index (κ2) is 11.4. The average molecular weight is 513 g/mol. The Kier molecular flexibility index (Phi) is 8.43. The predicted octanol–water partition coefficient (Wildman–Crippen LogP) is 6.21. The van der Waals surface area contributed by atoms with E-state index in [1.807, 2.05) is 42.1 Å². The number of thioether (sulfide) groups is 1. The van der Waals surface area contributed by atoms with Gasteiger partial charge in [-0.15, -0.1) is 0 Å². The Hall–Kier alpha value is -2.35. The lowest BCUT2D eigenvalue weighted by atomic mass is 9.95. The van der Waals surface area contributed by atoms with E-state index >= 15 is 0 Å². The van der Waals surface area contributed by atoms with Crippen LogP contribution in [0.25, 0.3) is 0 Å². The summed E-state index contributed by atoms with van der Waals surface area (Å²) >= 11 is 1.82. The summed E-state index contributed by atoms with van der Waals surface area (Å²) in [7, 11) is 1.40. The molecule has 0 amide bonds. The number of esters is 1. The first-order valence-corrected chi connectivity index (χ1v) is 13.6. The van der Waals surface area contributed by atoms with E-state index in [4.69, 9.17) is 14.2 Å². The number of carbonyl (C=O) groups excluding carboxylic acids is 1. The Bertz CT molecular complexity index is 1070. The van der Waals surface area contributed by atoms with Crippen LogP contribution in [0.2, 0.25) is 0 Å². The maximum Gasteiger partial charge on any atom is 0.338 e. The summed E-state index contributed by atoms with van der Waals surface area (Å²) in [6.45, 7) is 5.54. The van der Waals surface area contributed by atoms with E-state index in [1.54, 1.807) is 6.07 Å². The number of carbonyl (C=O) groups is 2. The first-order valence-electron chi connectivity index (χ1n) is 12.5. The van der Waals surface area contributed by atoms with E-state index in [0.29, 0.717) is 25.2 Å². The zero-order chi connectivity index (χ0) is 25.8. The quantitative estimate of drug-likeness (QED) is 0.359. The Labute approximate surface area is 217 Å². The van der Waals surface area contributed by atoms with Crippen molar-refractivity contribution in [1.82, 2.24) is 0 Å². The molecule has 36 heavy (non-hydrogen) atoms. The van der Waals surface area contributed by atoms with Gasteiger partial charge in [-0.2, -0.15) is 11.8 Å². The number of aliphatic carboxylic acids is 1. The molecule has 194 valence electrons. The molecule has 2 aromatic rings. The summed E-state index contributed by atoms with van der Waals surface area (Å²) < 4.78 is 17.0. The predicted molar refractivity (Wildman–Crippen MR) is 140 cm³/mol. The van der Waals surface area contributed by atoms with Gasteiger partial charge in [-0.25, -0.2) is 4.79 Å². The zero-order valence-corrected chi connectivity index (χ0v) is 22.1. The molecule has 7 heteroatoms. The number of methoxy groups -OCH3 is 1. The molecule has 0 unspecified atom stereocenters.